The summed E-state index contributed by atoms with van der Waals surface area (Å²) in [5, 5.41) is 3.25. The number of carbonyl (C=O) groups excluding carboxylic acids is 1. The molecule has 0 bridgehead atoms. The maximum atomic E-state index is 12.1. The summed E-state index contributed by atoms with van der Waals surface area (Å²) in [6.07, 6.45) is 8.43. The van der Waals surface area contributed by atoms with Gasteiger partial charge in [0.05, 0.1) is 0 Å². The van der Waals surface area contributed by atoms with Crippen LogP contribution in [0.25, 0.3) is 0 Å². The number of rotatable bonds is 10. The summed E-state index contributed by atoms with van der Waals surface area (Å²) in [5.74, 6) is 0.905. The summed E-state index contributed by atoms with van der Waals surface area (Å²) in [5.41, 5.74) is 6.79. The molecule has 1 unspecified atom stereocenters. The molecule has 124 valence electrons. The minimum Gasteiger partial charge on any atom is -0.353 e. The lowest BCUT2D eigenvalue weighted by Crippen LogP contribution is -2.37. The molecular formula is C18H29ClN2O. The second-order valence-electron chi connectivity index (χ2n) is 6.15. The molecule has 1 aromatic rings. The zero-order chi connectivity index (χ0) is 14.9. The SMILES string of the molecule is Cl.NCCCCCCC(=O)NC(Cc1ccccc1)C1CC1. The number of benzene rings is 1. The van der Waals surface area contributed by atoms with Crippen LogP contribution in [-0.2, 0) is 11.2 Å². The Bertz CT molecular complexity index is 420. The number of nitrogens with one attached hydrogen (secondary N) is 1. The van der Waals surface area contributed by atoms with Crippen molar-refractivity contribution in [3.63, 3.8) is 0 Å². The van der Waals surface area contributed by atoms with Crippen LogP contribution in [0.15, 0.2) is 30.3 Å². The fourth-order valence-electron chi connectivity index (χ4n) is 2.76. The van der Waals surface area contributed by atoms with Gasteiger partial charge in [-0.15, -0.1) is 12.4 Å². The van der Waals surface area contributed by atoms with E-state index < -0.39 is 0 Å². The van der Waals surface area contributed by atoms with Crippen LogP contribution in [0.2, 0.25) is 0 Å². The van der Waals surface area contributed by atoms with Crippen LogP contribution in [0.3, 0.4) is 0 Å². The highest BCUT2D eigenvalue weighted by molar-refractivity contribution is 5.85. The quantitative estimate of drug-likeness (QED) is 0.648. The molecule has 22 heavy (non-hydrogen) atoms. The number of hydrogen-bond donors (Lipinski definition) is 2. The molecule has 1 saturated carbocycles. The van der Waals surface area contributed by atoms with Crippen LogP contribution < -0.4 is 11.1 Å². The Kier molecular flexibility index (Phi) is 9.17. The molecule has 4 heteroatoms. The normalized spacial score (nSPS) is 15.0. The van der Waals surface area contributed by atoms with Gasteiger partial charge in [-0.1, -0.05) is 43.2 Å². The van der Waals surface area contributed by atoms with Crippen molar-refractivity contribution in [2.24, 2.45) is 11.7 Å². The summed E-state index contributed by atoms with van der Waals surface area (Å²) in [6, 6.07) is 10.8. The third kappa shape index (κ3) is 7.28. The van der Waals surface area contributed by atoms with Gasteiger partial charge < -0.3 is 11.1 Å². The van der Waals surface area contributed by atoms with Crippen LogP contribution in [0.4, 0.5) is 0 Å². The van der Waals surface area contributed by atoms with Crippen molar-refractivity contribution < 1.29 is 4.79 Å². The third-order valence-electron chi connectivity index (χ3n) is 4.19. The second-order valence-corrected chi connectivity index (χ2v) is 6.15. The molecule has 1 atom stereocenters. The number of nitrogens with two attached hydrogens (primary N) is 1. The van der Waals surface area contributed by atoms with E-state index in [-0.39, 0.29) is 18.3 Å². The smallest absolute Gasteiger partial charge is 0.220 e. The lowest BCUT2D eigenvalue weighted by atomic mass is 10.0. The first kappa shape index (κ1) is 19.0. The molecule has 1 amide bonds. The molecular weight excluding hydrogens is 296 g/mol. The average molecular weight is 325 g/mol. The van der Waals surface area contributed by atoms with Crippen LogP contribution in [-0.4, -0.2) is 18.5 Å². The fraction of sp³-hybridized carbons (Fsp3) is 0.611. The predicted molar refractivity (Wildman–Crippen MR) is 94.2 cm³/mol. The van der Waals surface area contributed by atoms with Crippen molar-refractivity contribution in [3.8, 4) is 0 Å². The molecule has 0 heterocycles. The molecule has 0 spiro atoms. The first-order chi connectivity index (χ1) is 10.3. The highest BCUT2D eigenvalue weighted by Gasteiger charge is 2.32. The van der Waals surface area contributed by atoms with E-state index in [1.807, 2.05) is 6.07 Å². The molecule has 0 aromatic heterocycles. The Morgan fingerprint density at radius 1 is 1.14 bits per heavy atom. The highest BCUT2D eigenvalue weighted by atomic mass is 35.5. The van der Waals surface area contributed by atoms with Gasteiger partial charge >= 0.3 is 0 Å². The lowest BCUT2D eigenvalue weighted by Gasteiger charge is -2.18. The highest BCUT2D eigenvalue weighted by Crippen LogP contribution is 2.34. The van der Waals surface area contributed by atoms with E-state index in [1.54, 1.807) is 0 Å². The number of carbonyl (C=O) groups is 1. The van der Waals surface area contributed by atoms with Gasteiger partial charge in [0, 0.05) is 12.5 Å². The lowest BCUT2D eigenvalue weighted by molar-refractivity contribution is -0.122. The standard InChI is InChI=1S/C18H28N2O.ClH/c19-13-7-2-1-6-10-18(21)20-17(16-11-12-16)14-15-8-4-3-5-9-15;/h3-5,8-9,16-17H,1-2,6-7,10-14,19H2,(H,20,21);1H. The molecule has 1 aliphatic carbocycles. The number of hydrogen-bond acceptors (Lipinski definition) is 2. The predicted octanol–water partition coefficient (Wildman–Crippen LogP) is 3.45. The van der Waals surface area contributed by atoms with Crippen LogP contribution in [0, 0.1) is 5.92 Å². The minimum absolute atomic E-state index is 0. The summed E-state index contributed by atoms with van der Waals surface area (Å²) in [7, 11) is 0. The van der Waals surface area contributed by atoms with Crippen molar-refractivity contribution in [1.29, 1.82) is 0 Å². The van der Waals surface area contributed by atoms with Gasteiger partial charge in [-0.2, -0.15) is 0 Å². The summed E-state index contributed by atoms with van der Waals surface area (Å²) < 4.78 is 0. The van der Waals surface area contributed by atoms with Crippen LogP contribution in [0.5, 0.6) is 0 Å². The molecule has 3 N–H and O–H groups in total. The number of amides is 1. The summed E-state index contributed by atoms with van der Waals surface area (Å²) in [6.45, 7) is 0.757. The zero-order valence-electron chi connectivity index (χ0n) is 13.3. The van der Waals surface area contributed by atoms with Crippen molar-refractivity contribution >= 4 is 18.3 Å². The Hall–Kier alpha value is -1.06. The number of unbranched alkanes of at least 4 members (excludes halogenated alkanes) is 3. The molecule has 1 aliphatic rings. The zero-order valence-corrected chi connectivity index (χ0v) is 14.1. The molecule has 1 aromatic carbocycles. The van der Waals surface area contributed by atoms with E-state index in [0.29, 0.717) is 18.4 Å². The van der Waals surface area contributed by atoms with E-state index in [0.717, 1.165) is 38.6 Å². The topological polar surface area (TPSA) is 55.1 Å². The largest absolute Gasteiger partial charge is 0.353 e. The maximum Gasteiger partial charge on any atom is 0.220 e. The first-order valence-electron chi connectivity index (χ1n) is 8.33. The maximum absolute atomic E-state index is 12.1. The Balaban J connectivity index is 0.00000242. The molecule has 3 nitrogen and oxygen atoms in total. The first-order valence-corrected chi connectivity index (χ1v) is 8.33. The molecule has 0 saturated heterocycles. The van der Waals surface area contributed by atoms with E-state index in [1.165, 1.54) is 18.4 Å². The Labute approximate surface area is 140 Å². The van der Waals surface area contributed by atoms with Gasteiger partial charge in [-0.3, -0.25) is 4.79 Å². The number of halogens is 1. The van der Waals surface area contributed by atoms with Gasteiger partial charge in [0.15, 0.2) is 0 Å². The van der Waals surface area contributed by atoms with Crippen LogP contribution in [0.1, 0.15) is 50.5 Å². The van der Waals surface area contributed by atoms with E-state index in [4.69, 9.17) is 5.73 Å². The fourth-order valence-corrected chi connectivity index (χ4v) is 2.76. The van der Waals surface area contributed by atoms with Crippen molar-refractivity contribution in [3.05, 3.63) is 35.9 Å². The summed E-state index contributed by atoms with van der Waals surface area (Å²) in [4.78, 5) is 12.1. The van der Waals surface area contributed by atoms with Gasteiger partial charge in [0.2, 0.25) is 5.91 Å². The van der Waals surface area contributed by atoms with E-state index >= 15 is 0 Å². The van der Waals surface area contributed by atoms with E-state index in [2.05, 4.69) is 29.6 Å². The summed E-state index contributed by atoms with van der Waals surface area (Å²) >= 11 is 0. The Morgan fingerprint density at radius 2 is 1.82 bits per heavy atom. The monoisotopic (exact) mass is 324 g/mol. The minimum atomic E-state index is 0. The molecule has 1 fully saturated rings. The van der Waals surface area contributed by atoms with Crippen molar-refractivity contribution in [2.45, 2.75) is 57.4 Å². The average Bonchev–Trinajstić information content (AvgIpc) is 3.32. The van der Waals surface area contributed by atoms with E-state index in [9.17, 15) is 4.79 Å². The van der Waals surface area contributed by atoms with Crippen molar-refractivity contribution in [1.82, 2.24) is 5.32 Å². The van der Waals surface area contributed by atoms with Gasteiger partial charge in [0.1, 0.15) is 0 Å². The van der Waals surface area contributed by atoms with Gasteiger partial charge in [-0.05, 0) is 50.1 Å². The second kappa shape index (κ2) is 10.6. The van der Waals surface area contributed by atoms with Crippen molar-refractivity contribution in [2.75, 3.05) is 6.54 Å². The Morgan fingerprint density at radius 3 is 2.45 bits per heavy atom. The van der Waals surface area contributed by atoms with Crippen LogP contribution >= 0.6 is 12.4 Å². The molecule has 2 rings (SSSR count). The molecule has 0 radical (unpaired) electrons. The van der Waals surface area contributed by atoms with Gasteiger partial charge in [-0.25, -0.2) is 0 Å². The third-order valence-corrected chi connectivity index (χ3v) is 4.19. The molecule has 0 aliphatic heterocycles. The van der Waals surface area contributed by atoms with Gasteiger partial charge in [0.25, 0.3) is 0 Å².